The highest BCUT2D eigenvalue weighted by Gasteiger charge is 2.26. The lowest BCUT2D eigenvalue weighted by Crippen LogP contribution is -2.22. The van der Waals surface area contributed by atoms with E-state index in [1.54, 1.807) is 26.4 Å². The van der Waals surface area contributed by atoms with Crippen molar-refractivity contribution in [2.24, 2.45) is 0 Å². The van der Waals surface area contributed by atoms with Gasteiger partial charge >= 0.3 is 0 Å². The first-order valence-electron chi connectivity index (χ1n) is 5.12. The number of aromatic nitrogens is 1. The zero-order valence-electron chi connectivity index (χ0n) is 9.24. The summed E-state index contributed by atoms with van der Waals surface area (Å²) in [5.74, 6) is 0.503. The van der Waals surface area contributed by atoms with Gasteiger partial charge < -0.3 is 9.64 Å². The van der Waals surface area contributed by atoms with Crippen molar-refractivity contribution in [3.63, 3.8) is 0 Å². The van der Waals surface area contributed by atoms with Gasteiger partial charge in [-0.2, -0.15) is 0 Å². The number of amides is 1. The summed E-state index contributed by atoms with van der Waals surface area (Å²) in [5.41, 5.74) is 0.554. The summed E-state index contributed by atoms with van der Waals surface area (Å²) in [6, 6.07) is 1.69. The molecule has 0 radical (unpaired) electrons. The van der Waals surface area contributed by atoms with Crippen LogP contribution >= 0.6 is 15.9 Å². The molecule has 0 aromatic carbocycles. The maximum atomic E-state index is 11.9. The Morgan fingerprint density at radius 2 is 2.25 bits per heavy atom. The van der Waals surface area contributed by atoms with Gasteiger partial charge in [0, 0.05) is 14.1 Å². The lowest BCUT2D eigenvalue weighted by molar-refractivity contribution is 0.0822. The number of hydrogen-bond donors (Lipinski definition) is 0. The second-order valence-corrected chi connectivity index (χ2v) is 4.83. The molecule has 0 spiro atoms. The highest BCUT2D eigenvalue weighted by atomic mass is 79.9. The van der Waals surface area contributed by atoms with E-state index in [0.717, 1.165) is 12.8 Å². The van der Waals surface area contributed by atoms with Crippen molar-refractivity contribution in [3.05, 3.63) is 22.4 Å². The van der Waals surface area contributed by atoms with Crippen LogP contribution in [-0.4, -0.2) is 36.0 Å². The standard InChI is InChI=1S/C11H13BrN2O2/c1-14(2)11(15)8-5-10(12)13-6-9(8)16-7-3-4-7/h5-7H,3-4H2,1-2H3. The molecule has 1 aromatic rings. The van der Waals surface area contributed by atoms with Gasteiger partial charge in [0.05, 0.1) is 17.9 Å². The molecule has 1 amide bonds. The lowest BCUT2D eigenvalue weighted by Gasteiger charge is -2.14. The van der Waals surface area contributed by atoms with Gasteiger partial charge in [-0.05, 0) is 34.8 Å². The van der Waals surface area contributed by atoms with E-state index in [0.29, 0.717) is 15.9 Å². The molecule has 5 heteroatoms. The smallest absolute Gasteiger partial charge is 0.257 e. The molecule has 0 unspecified atom stereocenters. The highest BCUT2D eigenvalue weighted by Crippen LogP contribution is 2.30. The number of carbonyl (C=O) groups excluding carboxylic acids is 1. The summed E-state index contributed by atoms with van der Waals surface area (Å²) in [5, 5.41) is 0. The Morgan fingerprint density at radius 3 is 2.81 bits per heavy atom. The summed E-state index contributed by atoms with van der Waals surface area (Å²) in [6.07, 6.45) is 3.98. The normalized spacial score (nSPS) is 14.7. The minimum atomic E-state index is -0.0706. The summed E-state index contributed by atoms with van der Waals surface area (Å²) < 4.78 is 6.29. The Labute approximate surface area is 103 Å². The molecule has 1 aromatic heterocycles. The molecule has 16 heavy (non-hydrogen) atoms. The lowest BCUT2D eigenvalue weighted by atomic mass is 10.2. The average Bonchev–Trinajstić information content (AvgIpc) is 3.03. The Morgan fingerprint density at radius 1 is 1.56 bits per heavy atom. The quantitative estimate of drug-likeness (QED) is 0.799. The van der Waals surface area contributed by atoms with Crippen LogP contribution in [0.1, 0.15) is 23.2 Å². The van der Waals surface area contributed by atoms with Crippen molar-refractivity contribution in [3.8, 4) is 5.75 Å². The fraction of sp³-hybridized carbons (Fsp3) is 0.455. The third kappa shape index (κ3) is 2.52. The molecule has 1 aliphatic rings. The number of rotatable bonds is 3. The van der Waals surface area contributed by atoms with E-state index in [2.05, 4.69) is 20.9 Å². The number of pyridine rings is 1. The predicted octanol–water partition coefficient (Wildman–Crippen LogP) is 2.09. The fourth-order valence-electron chi connectivity index (χ4n) is 1.28. The van der Waals surface area contributed by atoms with E-state index in [1.807, 2.05) is 0 Å². The average molecular weight is 285 g/mol. The summed E-state index contributed by atoms with van der Waals surface area (Å²) in [4.78, 5) is 17.5. The van der Waals surface area contributed by atoms with Gasteiger partial charge in [-0.15, -0.1) is 0 Å². The van der Waals surface area contributed by atoms with Crippen LogP contribution in [0.2, 0.25) is 0 Å². The zero-order chi connectivity index (χ0) is 11.7. The van der Waals surface area contributed by atoms with E-state index in [4.69, 9.17) is 4.74 Å². The van der Waals surface area contributed by atoms with E-state index in [1.165, 1.54) is 4.90 Å². The Balaban J connectivity index is 2.30. The topological polar surface area (TPSA) is 42.4 Å². The van der Waals surface area contributed by atoms with E-state index >= 15 is 0 Å². The zero-order valence-corrected chi connectivity index (χ0v) is 10.8. The van der Waals surface area contributed by atoms with Crippen LogP contribution in [0, 0.1) is 0 Å². The molecule has 86 valence electrons. The monoisotopic (exact) mass is 284 g/mol. The molecule has 0 atom stereocenters. The van der Waals surface area contributed by atoms with Crippen LogP contribution in [0.4, 0.5) is 0 Å². The molecule has 0 saturated heterocycles. The second-order valence-electron chi connectivity index (χ2n) is 4.02. The Bertz CT molecular complexity index is 416. The van der Waals surface area contributed by atoms with E-state index in [9.17, 15) is 4.79 Å². The molecule has 0 bridgehead atoms. The highest BCUT2D eigenvalue weighted by molar-refractivity contribution is 9.10. The van der Waals surface area contributed by atoms with Gasteiger partial charge in [0.25, 0.3) is 5.91 Å². The molecule has 1 saturated carbocycles. The molecule has 4 nitrogen and oxygen atoms in total. The summed E-state index contributed by atoms with van der Waals surface area (Å²) >= 11 is 3.26. The van der Waals surface area contributed by atoms with Gasteiger partial charge in [-0.3, -0.25) is 4.79 Å². The molecule has 2 rings (SSSR count). The van der Waals surface area contributed by atoms with Crippen molar-refractivity contribution >= 4 is 21.8 Å². The van der Waals surface area contributed by atoms with Gasteiger partial charge in [0.2, 0.25) is 0 Å². The minimum Gasteiger partial charge on any atom is -0.488 e. The van der Waals surface area contributed by atoms with Gasteiger partial charge in [-0.25, -0.2) is 4.98 Å². The molecule has 1 aliphatic carbocycles. The first-order chi connectivity index (χ1) is 7.58. The van der Waals surface area contributed by atoms with E-state index < -0.39 is 0 Å². The maximum Gasteiger partial charge on any atom is 0.257 e. The van der Waals surface area contributed by atoms with Gasteiger partial charge in [-0.1, -0.05) is 0 Å². The van der Waals surface area contributed by atoms with Crippen LogP contribution in [0.25, 0.3) is 0 Å². The molecule has 0 aliphatic heterocycles. The SMILES string of the molecule is CN(C)C(=O)c1cc(Br)ncc1OC1CC1. The largest absolute Gasteiger partial charge is 0.488 e. The molecular weight excluding hydrogens is 272 g/mol. The second kappa shape index (κ2) is 4.41. The van der Waals surface area contributed by atoms with Crippen LogP contribution in [0.5, 0.6) is 5.75 Å². The fourth-order valence-corrected chi connectivity index (χ4v) is 1.62. The third-order valence-electron chi connectivity index (χ3n) is 2.29. The first-order valence-corrected chi connectivity index (χ1v) is 5.91. The first kappa shape index (κ1) is 11.4. The number of carbonyl (C=O) groups is 1. The summed E-state index contributed by atoms with van der Waals surface area (Å²) in [6.45, 7) is 0. The van der Waals surface area contributed by atoms with Crippen molar-refractivity contribution in [1.82, 2.24) is 9.88 Å². The van der Waals surface area contributed by atoms with Crippen molar-refractivity contribution < 1.29 is 9.53 Å². The number of nitrogens with zero attached hydrogens (tertiary/aromatic N) is 2. The van der Waals surface area contributed by atoms with Gasteiger partial charge in [0.1, 0.15) is 4.60 Å². The molecule has 0 N–H and O–H groups in total. The van der Waals surface area contributed by atoms with Gasteiger partial charge in [0.15, 0.2) is 5.75 Å². The van der Waals surface area contributed by atoms with E-state index in [-0.39, 0.29) is 12.0 Å². The maximum absolute atomic E-state index is 11.9. The predicted molar refractivity (Wildman–Crippen MR) is 63.6 cm³/mol. The Kier molecular flexibility index (Phi) is 3.14. The van der Waals surface area contributed by atoms with Crippen molar-refractivity contribution in [2.75, 3.05) is 14.1 Å². The molecular formula is C11H13BrN2O2. The number of ether oxygens (including phenoxy) is 1. The van der Waals surface area contributed by atoms with Crippen LogP contribution < -0.4 is 4.74 Å². The minimum absolute atomic E-state index is 0.0706. The number of halogens is 1. The number of hydrogen-bond acceptors (Lipinski definition) is 3. The van der Waals surface area contributed by atoms with Crippen LogP contribution in [-0.2, 0) is 0 Å². The molecule has 1 heterocycles. The van der Waals surface area contributed by atoms with Crippen LogP contribution in [0.3, 0.4) is 0 Å². The summed E-state index contributed by atoms with van der Waals surface area (Å²) in [7, 11) is 3.44. The Hall–Kier alpha value is -1.10. The molecule has 1 fully saturated rings. The van der Waals surface area contributed by atoms with Crippen molar-refractivity contribution in [1.29, 1.82) is 0 Å². The third-order valence-corrected chi connectivity index (χ3v) is 2.72. The van der Waals surface area contributed by atoms with Crippen LogP contribution in [0.15, 0.2) is 16.9 Å². The van der Waals surface area contributed by atoms with Crippen molar-refractivity contribution in [2.45, 2.75) is 18.9 Å².